The average molecular weight is 496 g/mol. The number of hydrogen-bond acceptors (Lipinski definition) is 4. The number of rotatable bonds is 5. The van der Waals surface area contributed by atoms with Crippen LogP contribution in [0.15, 0.2) is 66.8 Å². The molecule has 0 amide bonds. The number of halogens is 1. The van der Waals surface area contributed by atoms with Crippen molar-refractivity contribution in [1.29, 1.82) is 0 Å². The fourth-order valence-corrected chi connectivity index (χ4v) is 6.08. The van der Waals surface area contributed by atoms with E-state index in [9.17, 15) is 0 Å². The van der Waals surface area contributed by atoms with Gasteiger partial charge in [0.2, 0.25) is 0 Å². The number of fused-ring (bicyclic) bond motifs is 1. The zero-order chi connectivity index (χ0) is 19.7. The molecule has 3 heterocycles. The molecule has 3 aromatic rings. The van der Waals surface area contributed by atoms with Crippen LogP contribution in [0, 0.1) is 10.6 Å². The first kappa shape index (κ1) is 19.0. The van der Waals surface area contributed by atoms with E-state index in [1.807, 2.05) is 37.4 Å². The molecule has 4 rings (SSSR count). The average Bonchev–Trinajstić information content (AvgIpc) is 3.29. The Hall–Kier alpha value is -2.38. The van der Waals surface area contributed by atoms with Gasteiger partial charge in [0.25, 0.3) is 0 Å². The molecule has 0 saturated heterocycles. The quantitative estimate of drug-likeness (QED) is 0.310. The first-order valence-corrected chi connectivity index (χ1v) is 11.8. The van der Waals surface area contributed by atoms with Crippen molar-refractivity contribution in [3.05, 3.63) is 87.2 Å². The summed E-state index contributed by atoms with van der Waals surface area (Å²) in [5.74, 6) is 0. The molecule has 0 bridgehead atoms. The van der Waals surface area contributed by atoms with Crippen LogP contribution in [0.4, 0.5) is 5.69 Å². The van der Waals surface area contributed by atoms with Crippen molar-refractivity contribution in [2.45, 2.75) is 13.8 Å². The molecule has 3 nitrogen and oxygen atoms in total. The third-order valence-corrected chi connectivity index (χ3v) is 8.02. The molecule has 5 heteroatoms. The molecule has 0 fully saturated rings. The van der Waals surface area contributed by atoms with E-state index in [0.717, 1.165) is 46.1 Å². The van der Waals surface area contributed by atoms with Crippen LogP contribution in [0.5, 0.6) is 0 Å². The molecule has 0 radical (unpaired) electrons. The van der Waals surface area contributed by atoms with Gasteiger partial charge in [-0.2, -0.15) is 0 Å². The number of aryl methyl sites for hydroxylation is 1. The number of benzene rings is 1. The predicted octanol–water partition coefficient (Wildman–Crippen LogP) is 3.10. The SMILES string of the molecule is C=C/C=C\c1nc(-c2cc(C(=C)C)cc(C3=Nc4cccnc4[I-]3)c2)sc1C. The number of pyridine rings is 1. The van der Waals surface area contributed by atoms with E-state index in [2.05, 4.69) is 43.3 Å². The molecule has 28 heavy (non-hydrogen) atoms. The van der Waals surface area contributed by atoms with Gasteiger partial charge in [-0.1, -0.05) is 0 Å². The first-order valence-electron chi connectivity index (χ1n) is 8.82. The molecule has 140 valence electrons. The number of hydrogen-bond donors (Lipinski definition) is 0. The van der Waals surface area contributed by atoms with Crippen LogP contribution in [-0.2, 0) is 0 Å². The number of nitrogens with zero attached hydrogens (tertiary/aromatic N) is 3. The van der Waals surface area contributed by atoms with Crippen LogP contribution >= 0.6 is 11.3 Å². The summed E-state index contributed by atoms with van der Waals surface area (Å²) < 4.78 is 2.29. The van der Waals surface area contributed by atoms with E-state index in [1.165, 1.54) is 4.88 Å². The van der Waals surface area contributed by atoms with Crippen molar-refractivity contribution >= 4 is 32.4 Å². The third kappa shape index (κ3) is 3.77. The standard InChI is InChI=1S/C23H19IN3S/c1-5-6-8-19-15(4)28-23(27-19)18-12-16(14(2)3)11-17(13-18)21-24-22-20(26-21)9-7-10-25-22/h5-13H,1-2H2,3-4H3/q-1/b8-6-. The van der Waals surface area contributed by atoms with Crippen LogP contribution in [0.2, 0.25) is 0 Å². The van der Waals surface area contributed by atoms with Crippen molar-refractivity contribution in [2.24, 2.45) is 4.99 Å². The molecule has 0 saturated carbocycles. The number of allylic oxidation sites excluding steroid dienone is 3. The van der Waals surface area contributed by atoms with E-state index in [0.29, 0.717) is 0 Å². The van der Waals surface area contributed by atoms with Gasteiger partial charge < -0.3 is 0 Å². The van der Waals surface area contributed by atoms with Gasteiger partial charge in [0, 0.05) is 0 Å². The van der Waals surface area contributed by atoms with Gasteiger partial charge in [-0.05, 0) is 0 Å². The second-order valence-electron chi connectivity index (χ2n) is 6.45. The van der Waals surface area contributed by atoms with Gasteiger partial charge >= 0.3 is 180 Å². The Morgan fingerprint density at radius 2 is 2.04 bits per heavy atom. The Balaban J connectivity index is 1.79. The van der Waals surface area contributed by atoms with E-state index in [1.54, 1.807) is 17.4 Å². The summed E-state index contributed by atoms with van der Waals surface area (Å²) in [7, 11) is 0. The van der Waals surface area contributed by atoms with Crippen LogP contribution in [0.25, 0.3) is 22.2 Å². The number of thiazole rings is 1. The Labute approximate surface area is 179 Å². The summed E-state index contributed by atoms with van der Waals surface area (Å²) in [4.78, 5) is 15.4. The summed E-state index contributed by atoms with van der Waals surface area (Å²) >= 11 is 1.33. The monoisotopic (exact) mass is 496 g/mol. The molecule has 1 aliphatic rings. The van der Waals surface area contributed by atoms with Gasteiger partial charge in [-0.25, -0.2) is 0 Å². The molecular formula is C23H19IN3S-. The fourth-order valence-electron chi connectivity index (χ4n) is 2.83. The number of aliphatic imine (C=N–C) groups is 1. The Bertz CT molecular complexity index is 1150. The zero-order valence-corrected chi connectivity index (χ0v) is 18.7. The molecular weight excluding hydrogens is 477 g/mol. The van der Waals surface area contributed by atoms with Crippen molar-refractivity contribution in [1.82, 2.24) is 9.97 Å². The second kappa shape index (κ2) is 7.93. The van der Waals surface area contributed by atoms with Crippen molar-refractivity contribution in [2.75, 3.05) is 0 Å². The van der Waals surface area contributed by atoms with Crippen LogP contribution < -0.4 is 21.2 Å². The molecule has 0 spiro atoms. The maximum absolute atomic E-state index is 4.85. The van der Waals surface area contributed by atoms with E-state index < -0.39 is 0 Å². The zero-order valence-electron chi connectivity index (χ0n) is 15.7. The van der Waals surface area contributed by atoms with Gasteiger partial charge in [0.1, 0.15) is 0 Å². The Kier molecular flexibility index (Phi) is 5.37. The second-order valence-corrected chi connectivity index (χ2v) is 10.2. The summed E-state index contributed by atoms with van der Waals surface area (Å²) in [5, 5.41) is 1.01. The van der Waals surface area contributed by atoms with Crippen LogP contribution in [0.1, 0.15) is 28.6 Å². The summed E-state index contributed by atoms with van der Waals surface area (Å²) in [6.45, 7) is 12.0. The van der Waals surface area contributed by atoms with Gasteiger partial charge in [-0.15, -0.1) is 0 Å². The van der Waals surface area contributed by atoms with Crippen LogP contribution in [0.3, 0.4) is 0 Å². The topological polar surface area (TPSA) is 38.1 Å². The van der Waals surface area contributed by atoms with Crippen molar-refractivity contribution in [3.63, 3.8) is 0 Å². The summed E-state index contributed by atoms with van der Waals surface area (Å²) in [6.07, 6.45) is 7.54. The molecule has 0 atom stereocenters. The molecule has 0 unspecified atom stereocenters. The van der Waals surface area contributed by atoms with Crippen LogP contribution in [-0.4, -0.2) is 13.7 Å². The van der Waals surface area contributed by atoms with Gasteiger partial charge in [0.15, 0.2) is 0 Å². The summed E-state index contributed by atoms with van der Waals surface area (Å²) in [5.41, 5.74) is 6.42. The Morgan fingerprint density at radius 3 is 2.79 bits per heavy atom. The van der Waals surface area contributed by atoms with Crippen molar-refractivity contribution < 1.29 is 21.2 Å². The predicted molar refractivity (Wildman–Crippen MR) is 115 cm³/mol. The van der Waals surface area contributed by atoms with Gasteiger partial charge in [0.05, 0.1) is 0 Å². The third-order valence-electron chi connectivity index (χ3n) is 4.27. The minimum atomic E-state index is -0.377. The molecule has 1 aromatic carbocycles. The molecule has 0 aliphatic carbocycles. The fraction of sp³-hybridized carbons (Fsp3) is 0.0870. The van der Waals surface area contributed by atoms with Gasteiger partial charge in [-0.3, -0.25) is 0 Å². The van der Waals surface area contributed by atoms with E-state index in [4.69, 9.17) is 9.98 Å². The normalized spacial score (nSPS) is 13.1. The molecule has 1 aliphatic heterocycles. The van der Waals surface area contributed by atoms with E-state index in [-0.39, 0.29) is 21.2 Å². The molecule has 0 N–H and O–H groups in total. The molecule has 2 aromatic heterocycles. The number of aromatic nitrogens is 2. The van der Waals surface area contributed by atoms with E-state index >= 15 is 0 Å². The summed E-state index contributed by atoms with van der Waals surface area (Å²) in [6, 6.07) is 10.6. The first-order chi connectivity index (χ1) is 13.5. The minimum absolute atomic E-state index is 0.377. The van der Waals surface area contributed by atoms with Crippen molar-refractivity contribution in [3.8, 4) is 10.6 Å². The Morgan fingerprint density at radius 1 is 1.21 bits per heavy atom. The maximum atomic E-state index is 4.85.